The molecule has 0 aliphatic carbocycles. The van der Waals surface area contributed by atoms with Crippen molar-refractivity contribution >= 4 is 90.0 Å². The van der Waals surface area contributed by atoms with Crippen LogP contribution in [0, 0.1) is 6.92 Å². The van der Waals surface area contributed by atoms with Gasteiger partial charge in [-0.1, -0.05) is 78.3 Å². The Morgan fingerprint density at radius 2 is 1.42 bits per heavy atom. The average molecular weight is 683 g/mol. The van der Waals surface area contributed by atoms with E-state index in [1.165, 1.54) is 32.8 Å². The Balaban J connectivity index is 1.18. The molecular formula is C47H33BN3O2. The number of benzene rings is 7. The van der Waals surface area contributed by atoms with Crippen molar-refractivity contribution in [2.75, 3.05) is 24.3 Å². The maximum atomic E-state index is 6.52. The van der Waals surface area contributed by atoms with Crippen LogP contribution in [0.5, 0.6) is 0 Å². The molecule has 11 rings (SSSR count). The van der Waals surface area contributed by atoms with Crippen LogP contribution in [0.3, 0.4) is 0 Å². The van der Waals surface area contributed by atoms with Crippen molar-refractivity contribution in [1.82, 2.24) is 4.57 Å². The first kappa shape index (κ1) is 30.0. The molecule has 0 spiro atoms. The molecule has 251 valence electrons. The lowest BCUT2D eigenvalue weighted by Gasteiger charge is -2.24. The molecule has 1 aliphatic heterocycles. The molecule has 0 atom stereocenters. The van der Waals surface area contributed by atoms with Gasteiger partial charge in [-0.3, -0.25) is 0 Å². The summed E-state index contributed by atoms with van der Waals surface area (Å²) >= 11 is 0. The number of aryl methyl sites for hydroxylation is 1. The lowest BCUT2D eigenvalue weighted by atomic mass is 9.58. The highest BCUT2D eigenvalue weighted by atomic mass is 16.3. The summed E-state index contributed by atoms with van der Waals surface area (Å²) in [5.74, 6) is 0.870. The molecular weight excluding hydrogens is 649 g/mol. The third-order valence-corrected chi connectivity index (χ3v) is 10.9. The van der Waals surface area contributed by atoms with Gasteiger partial charge in [0.05, 0.1) is 11.2 Å². The number of anilines is 3. The zero-order chi connectivity index (χ0) is 35.4. The summed E-state index contributed by atoms with van der Waals surface area (Å²) in [5.41, 5.74) is 16.2. The van der Waals surface area contributed by atoms with E-state index in [4.69, 9.17) is 8.83 Å². The smallest absolute Gasteiger partial charge is 0.198 e. The summed E-state index contributed by atoms with van der Waals surface area (Å²) in [4.78, 5) is 2.12. The Bertz CT molecular complexity index is 3100. The summed E-state index contributed by atoms with van der Waals surface area (Å²) < 4.78 is 15.4. The van der Waals surface area contributed by atoms with Crippen LogP contribution in [0.4, 0.5) is 17.1 Å². The first-order valence-corrected chi connectivity index (χ1v) is 18.0. The molecule has 1 aliphatic rings. The molecule has 7 aromatic carbocycles. The topological polar surface area (TPSA) is 46.5 Å². The number of fused-ring (bicyclic) bond motifs is 9. The maximum Gasteiger partial charge on any atom is 0.198 e. The first-order chi connectivity index (χ1) is 26.0. The van der Waals surface area contributed by atoms with Crippen molar-refractivity contribution in [3.63, 3.8) is 0 Å². The molecule has 1 radical (unpaired) electrons. The van der Waals surface area contributed by atoms with Gasteiger partial charge in [0.25, 0.3) is 0 Å². The summed E-state index contributed by atoms with van der Waals surface area (Å²) in [5, 5.41) is 9.62. The van der Waals surface area contributed by atoms with Crippen LogP contribution in [-0.2, 0) is 0 Å². The normalized spacial score (nSPS) is 12.2. The highest BCUT2D eigenvalue weighted by Crippen LogP contribution is 2.43. The number of nitrogens with one attached hydrogen (secondary N) is 1. The van der Waals surface area contributed by atoms with E-state index in [9.17, 15) is 0 Å². The SMILES string of the molecule is Cc1cc(-c2cc3c(cc2Nc2ccc(N(C)C)cc2)oc2ccccc23)c2c3c1c1ccccc1n3-c1cc3cc(-c4ccccc4)oc3cc1[B]2. The fraction of sp³-hybridized carbons (Fsp3) is 0.0638. The van der Waals surface area contributed by atoms with E-state index in [1.807, 2.05) is 18.2 Å². The van der Waals surface area contributed by atoms with Gasteiger partial charge in [-0.15, -0.1) is 0 Å². The Hall–Kier alpha value is -6.66. The Morgan fingerprint density at radius 1 is 0.642 bits per heavy atom. The minimum absolute atomic E-state index is 0.853. The van der Waals surface area contributed by atoms with E-state index in [0.717, 1.165) is 83.6 Å². The second-order valence-corrected chi connectivity index (χ2v) is 14.4. The fourth-order valence-corrected chi connectivity index (χ4v) is 8.40. The quantitative estimate of drug-likeness (QED) is 0.184. The minimum Gasteiger partial charge on any atom is -0.456 e. The average Bonchev–Trinajstić information content (AvgIpc) is 3.88. The second kappa shape index (κ2) is 11.2. The van der Waals surface area contributed by atoms with Crippen LogP contribution in [0.2, 0.25) is 0 Å². The molecule has 6 heteroatoms. The van der Waals surface area contributed by atoms with Gasteiger partial charge in [-0.05, 0) is 84.2 Å². The molecule has 1 N–H and O–H groups in total. The maximum absolute atomic E-state index is 6.52. The van der Waals surface area contributed by atoms with Crippen molar-refractivity contribution in [3.8, 4) is 28.1 Å². The number of hydrogen-bond donors (Lipinski definition) is 1. The summed E-state index contributed by atoms with van der Waals surface area (Å²) in [6.07, 6.45) is 0. The van der Waals surface area contributed by atoms with Crippen LogP contribution >= 0.6 is 0 Å². The Labute approximate surface area is 306 Å². The van der Waals surface area contributed by atoms with Crippen molar-refractivity contribution in [3.05, 3.63) is 145 Å². The summed E-state index contributed by atoms with van der Waals surface area (Å²) in [6, 6.07) is 49.5. The number of para-hydroxylation sites is 2. The Morgan fingerprint density at radius 3 is 2.25 bits per heavy atom. The summed E-state index contributed by atoms with van der Waals surface area (Å²) in [6.45, 7) is 2.25. The van der Waals surface area contributed by atoms with Gasteiger partial charge in [-0.2, -0.15) is 0 Å². The van der Waals surface area contributed by atoms with Crippen molar-refractivity contribution in [2.45, 2.75) is 6.92 Å². The van der Waals surface area contributed by atoms with Crippen LogP contribution in [0.15, 0.2) is 148 Å². The molecule has 3 aromatic heterocycles. The van der Waals surface area contributed by atoms with Gasteiger partial charge in [0.2, 0.25) is 0 Å². The van der Waals surface area contributed by atoms with Gasteiger partial charge in [0, 0.05) is 80.8 Å². The molecule has 0 bridgehead atoms. The highest BCUT2D eigenvalue weighted by Gasteiger charge is 2.29. The van der Waals surface area contributed by atoms with Crippen molar-refractivity contribution in [2.24, 2.45) is 0 Å². The third-order valence-electron chi connectivity index (χ3n) is 10.9. The molecule has 0 fully saturated rings. The molecule has 4 heterocycles. The molecule has 0 saturated carbocycles. The van der Waals surface area contributed by atoms with Crippen LogP contribution in [0.1, 0.15) is 5.56 Å². The lowest BCUT2D eigenvalue weighted by molar-refractivity contribution is 0.632. The zero-order valence-electron chi connectivity index (χ0n) is 29.6. The Kier molecular flexibility index (Phi) is 6.33. The number of nitrogens with zero attached hydrogens (tertiary/aromatic N) is 2. The molecule has 10 aromatic rings. The van der Waals surface area contributed by atoms with Gasteiger partial charge >= 0.3 is 0 Å². The monoisotopic (exact) mass is 682 g/mol. The fourth-order valence-electron chi connectivity index (χ4n) is 8.40. The van der Waals surface area contributed by atoms with E-state index in [0.29, 0.717) is 0 Å². The number of furan rings is 2. The lowest BCUT2D eigenvalue weighted by Crippen LogP contribution is -2.37. The van der Waals surface area contributed by atoms with E-state index >= 15 is 0 Å². The number of rotatable bonds is 5. The summed E-state index contributed by atoms with van der Waals surface area (Å²) in [7, 11) is 6.49. The predicted octanol–water partition coefficient (Wildman–Crippen LogP) is 10.8. The van der Waals surface area contributed by atoms with Crippen LogP contribution in [-0.4, -0.2) is 25.9 Å². The third kappa shape index (κ3) is 4.52. The van der Waals surface area contributed by atoms with Crippen molar-refractivity contribution < 1.29 is 8.83 Å². The van der Waals surface area contributed by atoms with E-state index < -0.39 is 0 Å². The molecule has 0 amide bonds. The zero-order valence-corrected chi connectivity index (χ0v) is 29.6. The highest BCUT2D eigenvalue weighted by molar-refractivity contribution is 6.73. The van der Waals surface area contributed by atoms with Crippen molar-refractivity contribution in [1.29, 1.82) is 0 Å². The van der Waals surface area contributed by atoms with E-state index in [2.05, 4.69) is 164 Å². The number of aromatic nitrogens is 1. The molecule has 0 unspecified atom stereocenters. The van der Waals surface area contributed by atoms with Crippen LogP contribution in [0.25, 0.3) is 82.9 Å². The van der Waals surface area contributed by atoms with E-state index in [-0.39, 0.29) is 0 Å². The molecule has 0 saturated heterocycles. The van der Waals surface area contributed by atoms with Gasteiger partial charge in [0.15, 0.2) is 7.28 Å². The van der Waals surface area contributed by atoms with Gasteiger partial charge in [-0.25, -0.2) is 0 Å². The number of hydrogen-bond acceptors (Lipinski definition) is 4. The predicted molar refractivity (Wildman–Crippen MR) is 223 cm³/mol. The van der Waals surface area contributed by atoms with E-state index in [1.54, 1.807) is 0 Å². The largest absolute Gasteiger partial charge is 0.456 e. The first-order valence-electron chi connectivity index (χ1n) is 18.0. The van der Waals surface area contributed by atoms with Gasteiger partial charge in [0.1, 0.15) is 22.5 Å². The molecule has 53 heavy (non-hydrogen) atoms. The van der Waals surface area contributed by atoms with Gasteiger partial charge < -0.3 is 23.6 Å². The standard InChI is InChI=1S/C47H33BN3O2/c1-27-21-36(34-24-35-32-13-8-10-16-41(32)52-44(35)26-38(34)49-30-17-19-31(20-18-30)50(2)3)46-47-45(27)33-14-7-9-15-39(33)51(47)40-22-29-23-42(28-11-5-4-6-12-28)53-43(29)25-37(40)48-46/h4-26,49H,1-3H3. The minimum atomic E-state index is 0.853. The second-order valence-electron chi connectivity index (χ2n) is 14.4. The molecule has 5 nitrogen and oxygen atoms in total. The van der Waals surface area contributed by atoms with Crippen LogP contribution < -0.4 is 21.1 Å².